The second-order valence-corrected chi connectivity index (χ2v) is 9.92. The van der Waals surface area contributed by atoms with E-state index < -0.39 is 0 Å². The van der Waals surface area contributed by atoms with Crippen LogP contribution in [0.5, 0.6) is 17.2 Å². The van der Waals surface area contributed by atoms with Crippen LogP contribution in [0.4, 0.5) is 10.5 Å². The number of carbonyl (C=O) groups is 2. The third kappa shape index (κ3) is 7.50. The molecule has 1 aromatic heterocycles. The van der Waals surface area contributed by atoms with Gasteiger partial charge < -0.3 is 30.2 Å². The number of rotatable bonds is 9. The van der Waals surface area contributed by atoms with Crippen molar-refractivity contribution in [2.24, 2.45) is 0 Å². The van der Waals surface area contributed by atoms with Gasteiger partial charge in [0.05, 0.1) is 20.3 Å². The first-order chi connectivity index (χ1) is 17.9. The van der Waals surface area contributed by atoms with Crippen molar-refractivity contribution < 1.29 is 23.8 Å². The molecule has 37 heavy (non-hydrogen) atoms. The fourth-order valence-corrected chi connectivity index (χ4v) is 4.90. The number of benzene rings is 2. The van der Waals surface area contributed by atoms with Crippen molar-refractivity contribution in [1.29, 1.82) is 0 Å². The van der Waals surface area contributed by atoms with Crippen molar-refractivity contribution in [2.75, 3.05) is 19.5 Å². The summed E-state index contributed by atoms with van der Waals surface area (Å²) >= 11 is 7.26. The lowest BCUT2D eigenvalue weighted by atomic mass is 9.90. The van der Waals surface area contributed by atoms with Crippen LogP contribution in [-0.2, 0) is 6.61 Å². The molecule has 3 aromatic rings. The van der Waals surface area contributed by atoms with Gasteiger partial charge in [0.2, 0.25) is 0 Å². The molecule has 0 saturated heterocycles. The molecular formula is C26H29ClN4O5S. The fraction of sp³-hybridized carbons (Fsp3) is 0.346. The average Bonchev–Trinajstić information content (AvgIpc) is 3.38. The number of hydrogen-bond donors (Lipinski definition) is 3. The second-order valence-electron chi connectivity index (χ2n) is 8.54. The molecule has 1 aliphatic rings. The number of amides is 3. The molecule has 3 N–H and O–H groups in total. The lowest BCUT2D eigenvalue weighted by molar-refractivity contribution is 0.0911. The Balaban J connectivity index is 1.32. The molecule has 0 unspecified atom stereocenters. The maximum absolute atomic E-state index is 12.9. The summed E-state index contributed by atoms with van der Waals surface area (Å²) in [5.74, 6) is 1.54. The Morgan fingerprint density at radius 3 is 2.27 bits per heavy atom. The van der Waals surface area contributed by atoms with Crippen LogP contribution in [-0.4, -0.2) is 43.2 Å². The minimum atomic E-state index is -0.364. The minimum Gasteiger partial charge on any atom is -0.497 e. The molecule has 2 atom stereocenters. The number of nitrogens with zero attached hydrogens (tertiary/aromatic N) is 1. The van der Waals surface area contributed by atoms with E-state index in [0.29, 0.717) is 38.7 Å². The number of urea groups is 1. The minimum absolute atomic E-state index is 0.206. The van der Waals surface area contributed by atoms with Gasteiger partial charge in [-0.2, -0.15) is 0 Å². The lowest BCUT2D eigenvalue weighted by Crippen LogP contribution is -2.54. The van der Waals surface area contributed by atoms with Crippen molar-refractivity contribution in [1.82, 2.24) is 15.6 Å². The summed E-state index contributed by atoms with van der Waals surface area (Å²) in [6.45, 7) is 0.252. The van der Waals surface area contributed by atoms with Crippen molar-refractivity contribution >= 4 is 40.6 Å². The number of hydrogen-bond acceptors (Lipinski definition) is 7. The Labute approximate surface area is 224 Å². The highest BCUT2D eigenvalue weighted by Gasteiger charge is 2.29. The number of nitrogens with one attached hydrogen (secondary N) is 3. The zero-order valence-electron chi connectivity index (χ0n) is 20.6. The van der Waals surface area contributed by atoms with Crippen molar-refractivity contribution in [2.45, 2.75) is 44.4 Å². The number of methoxy groups -OCH3 is 2. The van der Waals surface area contributed by atoms with Crippen LogP contribution in [0.2, 0.25) is 5.02 Å². The molecule has 1 saturated carbocycles. The Morgan fingerprint density at radius 2 is 1.62 bits per heavy atom. The number of aromatic nitrogens is 1. The normalized spacial score (nSPS) is 16.9. The van der Waals surface area contributed by atoms with E-state index in [1.807, 2.05) is 0 Å². The first-order valence-electron chi connectivity index (χ1n) is 11.9. The maximum Gasteiger partial charge on any atom is 0.319 e. The SMILES string of the molecule is COc1cc(NC(=O)N[C@H]2CCCC[C@H]2NC(=O)c2csc(COc3ccc(Cl)cc3)n2)cc(OC)c1. The zero-order valence-corrected chi connectivity index (χ0v) is 22.2. The van der Waals surface area contributed by atoms with Crippen molar-refractivity contribution in [3.63, 3.8) is 0 Å². The van der Waals surface area contributed by atoms with Gasteiger partial charge in [-0.3, -0.25) is 4.79 Å². The van der Waals surface area contributed by atoms with Gasteiger partial charge >= 0.3 is 6.03 Å². The predicted molar refractivity (Wildman–Crippen MR) is 143 cm³/mol. The summed E-state index contributed by atoms with van der Waals surface area (Å²) in [5.41, 5.74) is 0.873. The van der Waals surface area contributed by atoms with E-state index in [2.05, 4.69) is 20.9 Å². The average molecular weight is 545 g/mol. The molecular weight excluding hydrogens is 516 g/mol. The van der Waals surface area contributed by atoms with Crippen LogP contribution in [0.3, 0.4) is 0 Å². The van der Waals surface area contributed by atoms with Crippen LogP contribution in [0.1, 0.15) is 41.2 Å². The van der Waals surface area contributed by atoms with Gasteiger partial charge in [0.15, 0.2) is 0 Å². The van der Waals surface area contributed by atoms with Gasteiger partial charge in [0, 0.05) is 40.3 Å². The second kappa shape index (κ2) is 12.6. The van der Waals surface area contributed by atoms with Gasteiger partial charge in [0.25, 0.3) is 5.91 Å². The van der Waals surface area contributed by atoms with E-state index in [9.17, 15) is 9.59 Å². The van der Waals surface area contributed by atoms with Crippen LogP contribution < -0.4 is 30.2 Å². The Morgan fingerprint density at radius 1 is 0.973 bits per heavy atom. The lowest BCUT2D eigenvalue weighted by Gasteiger charge is -2.32. The highest BCUT2D eigenvalue weighted by atomic mass is 35.5. The zero-order chi connectivity index (χ0) is 26.2. The molecule has 2 aromatic carbocycles. The van der Waals surface area contributed by atoms with E-state index in [1.165, 1.54) is 11.3 Å². The maximum atomic E-state index is 12.9. The number of carbonyl (C=O) groups excluding carboxylic acids is 2. The number of ether oxygens (including phenoxy) is 3. The summed E-state index contributed by atoms with van der Waals surface area (Å²) in [7, 11) is 3.10. The van der Waals surface area contributed by atoms with E-state index in [4.69, 9.17) is 25.8 Å². The summed E-state index contributed by atoms with van der Waals surface area (Å²) in [4.78, 5) is 30.1. The fourth-order valence-electron chi connectivity index (χ4n) is 4.09. The van der Waals surface area contributed by atoms with Gasteiger partial charge in [-0.1, -0.05) is 24.4 Å². The third-order valence-electron chi connectivity index (χ3n) is 5.97. The number of thiazole rings is 1. The molecule has 1 fully saturated rings. The van der Waals surface area contributed by atoms with Crippen LogP contribution >= 0.6 is 22.9 Å². The Hall–Kier alpha value is -3.50. The summed E-state index contributed by atoms with van der Waals surface area (Å²) in [5, 5.41) is 11.9. The predicted octanol–water partition coefficient (Wildman–Crippen LogP) is 5.26. The smallest absolute Gasteiger partial charge is 0.319 e. The quantitative estimate of drug-likeness (QED) is 0.339. The number of anilines is 1. The van der Waals surface area contributed by atoms with E-state index in [-0.39, 0.29) is 30.6 Å². The molecule has 4 rings (SSSR count). The van der Waals surface area contributed by atoms with Gasteiger partial charge in [-0.25, -0.2) is 9.78 Å². The molecule has 0 spiro atoms. The van der Waals surface area contributed by atoms with Crippen LogP contribution in [0.25, 0.3) is 0 Å². The highest BCUT2D eigenvalue weighted by molar-refractivity contribution is 7.09. The third-order valence-corrected chi connectivity index (χ3v) is 7.04. The van der Waals surface area contributed by atoms with Gasteiger partial charge in [-0.15, -0.1) is 11.3 Å². The molecule has 196 valence electrons. The van der Waals surface area contributed by atoms with E-state index in [1.54, 1.807) is 62.1 Å². The standard InChI is InChI=1S/C26H29ClN4O5S/c1-34-19-11-17(12-20(13-19)35-2)28-26(33)31-22-6-4-3-5-21(22)30-25(32)23-15-37-24(29-23)14-36-18-9-7-16(27)8-10-18/h7-13,15,21-22H,3-6,14H2,1-2H3,(H,30,32)(H2,28,31,33)/t21-,22+/m1/s1. The molecule has 9 nitrogen and oxygen atoms in total. The monoisotopic (exact) mass is 544 g/mol. The summed E-state index contributed by atoms with van der Waals surface area (Å²) < 4.78 is 16.2. The molecule has 0 aliphatic heterocycles. The van der Waals surface area contributed by atoms with Crippen molar-refractivity contribution in [3.8, 4) is 17.2 Å². The first-order valence-corrected chi connectivity index (χ1v) is 13.1. The molecule has 1 aliphatic carbocycles. The molecule has 11 heteroatoms. The summed E-state index contributed by atoms with van der Waals surface area (Å²) in [6.07, 6.45) is 3.46. The first kappa shape index (κ1) is 26.6. The molecule has 0 radical (unpaired) electrons. The molecule has 3 amide bonds. The van der Waals surface area contributed by atoms with Gasteiger partial charge in [-0.05, 0) is 37.1 Å². The van der Waals surface area contributed by atoms with Crippen LogP contribution in [0, 0.1) is 0 Å². The Kier molecular flexibility index (Phi) is 9.08. The van der Waals surface area contributed by atoms with E-state index >= 15 is 0 Å². The summed E-state index contributed by atoms with van der Waals surface area (Å²) in [6, 6.07) is 11.4. The highest BCUT2D eigenvalue weighted by Crippen LogP contribution is 2.26. The molecule has 1 heterocycles. The van der Waals surface area contributed by atoms with Crippen LogP contribution in [0.15, 0.2) is 47.8 Å². The topological polar surface area (TPSA) is 111 Å². The van der Waals surface area contributed by atoms with E-state index in [0.717, 1.165) is 25.7 Å². The van der Waals surface area contributed by atoms with Gasteiger partial charge in [0.1, 0.15) is 34.6 Å². The Bertz CT molecular complexity index is 1200. The number of halogens is 1. The molecule has 0 bridgehead atoms. The largest absolute Gasteiger partial charge is 0.497 e. The van der Waals surface area contributed by atoms with Crippen molar-refractivity contribution in [3.05, 3.63) is 63.6 Å².